The maximum Gasteiger partial charge on any atom is 0.256 e. The largest absolute Gasteiger partial charge is 0.494 e. The zero-order valence-corrected chi connectivity index (χ0v) is 18.9. The van der Waals surface area contributed by atoms with Gasteiger partial charge in [0.2, 0.25) is 0 Å². The van der Waals surface area contributed by atoms with Crippen molar-refractivity contribution in [3.63, 3.8) is 0 Å². The van der Waals surface area contributed by atoms with E-state index in [2.05, 4.69) is 10.2 Å². The Kier molecular flexibility index (Phi) is 6.48. The predicted octanol–water partition coefficient (Wildman–Crippen LogP) is 5.19. The van der Waals surface area contributed by atoms with Crippen LogP contribution in [0.5, 0.6) is 5.75 Å². The van der Waals surface area contributed by atoms with Gasteiger partial charge in [0, 0.05) is 41.5 Å². The molecule has 0 unspecified atom stereocenters. The average Bonchev–Trinajstić information content (AvgIpc) is 3.43. The number of ether oxygens (including phenoxy) is 2. The van der Waals surface area contributed by atoms with Gasteiger partial charge in [-0.3, -0.25) is 9.69 Å². The summed E-state index contributed by atoms with van der Waals surface area (Å²) in [6, 6.07) is 17.0. The van der Waals surface area contributed by atoms with Crippen molar-refractivity contribution >= 4 is 34.8 Å². The number of fused-ring (bicyclic) bond motifs is 1. The van der Waals surface area contributed by atoms with Crippen molar-refractivity contribution < 1.29 is 18.7 Å². The number of nitrogens with one attached hydrogen (secondary N) is 1. The fraction of sp³-hybridized carbons (Fsp3) is 0.269. The van der Waals surface area contributed by atoms with Crippen molar-refractivity contribution in [1.29, 1.82) is 0 Å². The highest BCUT2D eigenvalue weighted by atomic mass is 35.5. The van der Waals surface area contributed by atoms with Gasteiger partial charge in [-0.2, -0.15) is 0 Å². The summed E-state index contributed by atoms with van der Waals surface area (Å²) < 4.78 is 17.2. The maximum atomic E-state index is 12.4. The number of halogens is 1. The SMILES string of the molecule is O=C1Nc2ccc(Cl)cc2/C1=C\c1ccc(-c2ccc(OCCCN3CCOCC3)cc2)o1. The first-order valence-electron chi connectivity index (χ1n) is 11.1. The highest BCUT2D eigenvalue weighted by Gasteiger charge is 2.24. The van der Waals surface area contributed by atoms with E-state index in [9.17, 15) is 4.79 Å². The fourth-order valence-corrected chi connectivity index (χ4v) is 4.22. The van der Waals surface area contributed by atoms with Crippen LogP contribution in [0.4, 0.5) is 5.69 Å². The smallest absolute Gasteiger partial charge is 0.256 e. The van der Waals surface area contributed by atoms with E-state index >= 15 is 0 Å². The Balaban J connectivity index is 1.20. The lowest BCUT2D eigenvalue weighted by atomic mass is 10.1. The number of hydrogen-bond acceptors (Lipinski definition) is 5. The second kappa shape index (κ2) is 9.83. The summed E-state index contributed by atoms with van der Waals surface area (Å²) in [7, 11) is 0. The molecule has 1 fully saturated rings. The minimum atomic E-state index is -0.166. The van der Waals surface area contributed by atoms with Gasteiger partial charge in [0.1, 0.15) is 17.3 Å². The third-order valence-electron chi connectivity index (χ3n) is 5.81. The van der Waals surface area contributed by atoms with Crippen LogP contribution >= 0.6 is 11.6 Å². The van der Waals surface area contributed by atoms with Crippen LogP contribution in [0, 0.1) is 0 Å². The number of carbonyl (C=O) groups excluding carboxylic acids is 1. The molecule has 0 atom stereocenters. The molecule has 1 saturated heterocycles. The number of benzene rings is 2. The van der Waals surface area contributed by atoms with E-state index in [-0.39, 0.29) is 5.91 Å². The molecular formula is C26H25ClN2O4. The van der Waals surface area contributed by atoms with Crippen molar-refractivity contribution in [2.24, 2.45) is 0 Å². The summed E-state index contributed by atoms with van der Waals surface area (Å²) >= 11 is 6.11. The quantitative estimate of drug-likeness (QED) is 0.385. The molecule has 0 spiro atoms. The second-order valence-electron chi connectivity index (χ2n) is 8.08. The Morgan fingerprint density at radius 2 is 1.88 bits per heavy atom. The molecule has 2 aliphatic rings. The summed E-state index contributed by atoms with van der Waals surface area (Å²) in [5.74, 6) is 2.00. The molecule has 6 nitrogen and oxygen atoms in total. The lowest BCUT2D eigenvalue weighted by Crippen LogP contribution is -2.37. The zero-order valence-electron chi connectivity index (χ0n) is 18.2. The van der Waals surface area contributed by atoms with Crippen LogP contribution in [0.15, 0.2) is 59.0 Å². The number of anilines is 1. The number of nitrogens with zero attached hydrogens (tertiary/aromatic N) is 1. The molecule has 0 bridgehead atoms. The monoisotopic (exact) mass is 464 g/mol. The third kappa shape index (κ3) is 5.14. The topological polar surface area (TPSA) is 63.9 Å². The van der Waals surface area contributed by atoms with Crippen LogP contribution < -0.4 is 10.1 Å². The maximum absolute atomic E-state index is 12.4. The third-order valence-corrected chi connectivity index (χ3v) is 6.04. The van der Waals surface area contributed by atoms with E-state index in [1.807, 2.05) is 36.4 Å². The van der Waals surface area contributed by atoms with E-state index in [0.717, 1.165) is 67.6 Å². The molecule has 1 amide bonds. The number of rotatable bonds is 7. The molecule has 2 aromatic carbocycles. The summed E-state index contributed by atoms with van der Waals surface area (Å²) in [6.07, 6.45) is 2.73. The molecule has 3 aromatic rings. The predicted molar refractivity (Wildman–Crippen MR) is 129 cm³/mol. The minimum absolute atomic E-state index is 0.166. The van der Waals surface area contributed by atoms with Crippen molar-refractivity contribution in [1.82, 2.24) is 4.90 Å². The van der Waals surface area contributed by atoms with Crippen LogP contribution in [-0.2, 0) is 9.53 Å². The Bertz CT molecular complexity index is 1160. The highest BCUT2D eigenvalue weighted by molar-refractivity contribution is 6.36. The molecule has 2 aliphatic heterocycles. The van der Waals surface area contributed by atoms with Gasteiger partial charge in [-0.15, -0.1) is 0 Å². The van der Waals surface area contributed by atoms with E-state index in [1.165, 1.54) is 0 Å². The number of furan rings is 1. The van der Waals surface area contributed by atoms with Crippen LogP contribution in [0.3, 0.4) is 0 Å². The van der Waals surface area contributed by atoms with Crippen LogP contribution in [-0.4, -0.2) is 50.3 Å². The van der Waals surface area contributed by atoms with Crippen molar-refractivity contribution in [3.8, 4) is 17.1 Å². The van der Waals surface area contributed by atoms with E-state index in [0.29, 0.717) is 23.0 Å². The fourth-order valence-electron chi connectivity index (χ4n) is 4.05. The second-order valence-corrected chi connectivity index (χ2v) is 8.52. The van der Waals surface area contributed by atoms with Crippen molar-refractivity contribution in [2.75, 3.05) is 44.8 Å². The molecular weight excluding hydrogens is 440 g/mol. The number of amides is 1. The van der Waals surface area contributed by atoms with Gasteiger partial charge in [0.05, 0.1) is 25.4 Å². The number of carbonyl (C=O) groups is 1. The number of morpholine rings is 1. The van der Waals surface area contributed by atoms with Gasteiger partial charge in [0.15, 0.2) is 0 Å². The van der Waals surface area contributed by atoms with Crippen molar-refractivity contribution in [2.45, 2.75) is 6.42 Å². The van der Waals surface area contributed by atoms with Crippen molar-refractivity contribution in [3.05, 3.63) is 70.9 Å². The molecule has 5 rings (SSSR count). The Labute approximate surface area is 197 Å². The lowest BCUT2D eigenvalue weighted by Gasteiger charge is -2.26. The zero-order chi connectivity index (χ0) is 22.6. The van der Waals surface area contributed by atoms with Crippen LogP contribution in [0.25, 0.3) is 23.0 Å². The van der Waals surface area contributed by atoms with E-state index < -0.39 is 0 Å². The summed E-state index contributed by atoms with van der Waals surface area (Å²) in [5, 5.41) is 3.43. The van der Waals surface area contributed by atoms with E-state index in [1.54, 1.807) is 24.3 Å². The Hall–Kier alpha value is -3.06. The standard InChI is InChI=1S/C26H25ClN2O4/c27-19-4-8-24-22(16-19)23(26(30)28-24)17-21-7-9-25(33-21)18-2-5-20(6-3-18)32-13-1-10-29-11-14-31-15-12-29/h2-9,16-17H,1,10-15H2,(H,28,30)/b23-17+. The van der Waals surface area contributed by atoms with Gasteiger partial charge in [-0.05, 0) is 67.1 Å². The van der Waals surface area contributed by atoms with Gasteiger partial charge in [-0.1, -0.05) is 11.6 Å². The lowest BCUT2D eigenvalue weighted by molar-refractivity contribution is -0.110. The Morgan fingerprint density at radius 3 is 2.70 bits per heavy atom. The highest BCUT2D eigenvalue weighted by Crippen LogP contribution is 2.35. The van der Waals surface area contributed by atoms with Crippen LogP contribution in [0.1, 0.15) is 17.7 Å². The minimum Gasteiger partial charge on any atom is -0.494 e. The first kappa shape index (κ1) is 21.8. The molecule has 0 radical (unpaired) electrons. The molecule has 170 valence electrons. The average molecular weight is 465 g/mol. The van der Waals surface area contributed by atoms with Crippen LogP contribution in [0.2, 0.25) is 5.02 Å². The molecule has 3 heterocycles. The molecule has 0 aliphatic carbocycles. The van der Waals surface area contributed by atoms with Gasteiger partial charge in [-0.25, -0.2) is 0 Å². The summed E-state index contributed by atoms with van der Waals surface area (Å²) in [6.45, 7) is 5.36. The summed E-state index contributed by atoms with van der Waals surface area (Å²) in [4.78, 5) is 14.8. The first-order valence-corrected chi connectivity index (χ1v) is 11.5. The molecule has 1 aromatic heterocycles. The number of hydrogen-bond donors (Lipinski definition) is 1. The van der Waals surface area contributed by atoms with E-state index in [4.69, 9.17) is 25.5 Å². The van der Waals surface area contributed by atoms with Gasteiger partial charge in [0.25, 0.3) is 5.91 Å². The van der Waals surface area contributed by atoms with Gasteiger partial charge >= 0.3 is 0 Å². The molecule has 33 heavy (non-hydrogen) atoms. The molecule has 0 saturated carbocycles. The first-order chi connectivity index (χ1) is 16.2. The molecule has 1 N–H and O–H groups in total. The summed E-state index contributed by atoms with van der Waals surface area (Å²) in [5.41, 5.74) is 3.01. The normalized spacial score (nSPS) is 17.2. The molecule has 7 heteroatoms. The van der Waals surface area contributed by atoms with Gasteiger partial charge < -0.3 is 19.2 Å². The Morgan fingerprint density at radius 1 is 1.06 bits per heavy atom.